The molecule has 31 heavy (non-hydrogen) atoms. The van der Waals surface area contributed by atoms with Crippen molar-refractivity contribution in [3.05, 3.63) is 17.5 Å². The monoisotopic (exact) mass is 444 g/mol. The molecule has 1 aliphatic heterocycles. The molecule has 0 spiro atoms. The summed E-state index contributed by atoms with van der Waals surface area (Å²) in [6.45, 7) is 1.52. The van der Waals surface area contributed by atoms with Gasteiger partial charge in [0, 0.05) is 31.1 Å². The first-order chi connectivity index (χ1) is 15.0. The van der Waals surface area contributed by atoms with Crippen LogP contribution in [0, 0.1) is 17.8 Å². The Balaban J connectivity index is 1.21. The fourth-order valence-electron chi connectivity index (χ4n) is 6.87. The van der Waals surface area contributed by atoms with Gasteiger partial charge in [-0.3, -0.25) is 4.79 Å². The normalized spacial score (nSPS) is 39.4. The molecule has 1 amide bonds. The van der Waals surface area contributed by atoms with E-state index in [0.29, 0.717) is 47.5 Å². The molecule has 4 bridgehead atoms. The lowest BCUT2D eigenvalue weighted by molar-refractivity contribution is -0.136. The molecule has 1 aromatic heterocycles. The Bertz CT molecular complexity index is 862. The third-order valence-electron chi connectivity index (χ3n) is 8.22. The summed E-state index contributed by atoms with van der Waals surface area (Å²) in [5.74, 6) is 3.79. The molecule has 2 N–H and O–H groups in total. The summed E-state index contributed by atoms with van der Waals surface area (Å²) in [6, 6.07) is 0.164. The minimum Gasteiger partial charge on any atom is -0.616 e. The van der Waals surface area contributed by atoms with Gasteiger partial charge in [0.1, 0.15) is 11.5 Å². The van der Waals surface area contributed by atoms with Crippen molar-refractivity contribution in [2.45, 2.75) is 68.9 Å². The highest BCUT2D eigenvalue weighted by molar-refractivity contribution is 7.91. The minimum absolute atomic E-state index is 0.0464. The number of carbonyl (C=O) groups excluding carboxylic acids is 1. The lowest BCUT2D eigenvalue weighted by Crippen LogP contribution is -2.61. The van der Waals surface area contributed by atoms with Gasteiger partial charge in [-0.1, -0.05) is 11.2 Å². The lowest BCUT2D eigenvalue weighted by atomic mass is 9.52. The van der Waals surface area contributed by atoms with Crippen LogP contribution in [-0.2, 0) is 11.2 Å². The first-order valence-corrected chi connectivity index (χ1v) is 13.5. The third-order valence-corrected chi connectivity index (χ3v) is 9.61. The number of hydrogen-bond acceptors (Lipinski definition) is 6. The first-order valence-electron chi connectivity index (χ1n) is 12.0. The van der Waals surface area contributed by atoms with Crippen LogP contribution in [0.1, 0.15) is 73.3 Å². The number of nitrogens with zero attached hydrogens (tertiary/aromatic N) is 3. The van der Waals surface area contributed by atoms with Crippen molar-refractivity contribution in [3.8, 4) is 0 Å². The minimum atomic E-state index is -0.754. The fraction of sp³-hybridized carbons (Fsp3) is 0.783. The van der Waals surface area contributed by atoms with Gasteiger partial charge in [-0.25, -0.2) is 9.97 Å². The molecule has 7 nitrogen and oxygen atoms in total. The van der Waals surface area contributed by atoms with Gasteiger partial charge in [0.2, 0.25) is 5.95 Å². The molecule has 8 heteroatoms. The van der Waals surface area contributed by atoms with Crippen LogP contribution in [0.25, 0.3) is 0 Å². The molecule has 6 fully saturated rings. The average Bonchev–Trinajstić information content (AvgIpc) is 3.57. The van der Waals surface area contributed by atoms with E-state index in [1.807, 2.05) is 0 Å². The van der Waals surface area contributed by atoms with E-state index in [-0.39, 0.29) is 11.9 Å². The van der Waals surface area contributed by atoms with Crippen LogP contribution in [0.5, 0.6) is 0 Å². The van der Waals surface area contributed by atoms with Gasteiger partial charge in [0.05, 0.1) is 23.4 Å². The van der Waals surface area contributed by atoms with Crippen molar-refractivity contribution >= 4 is 23.0 Å². The largest absolute Gasteiger partial charge is 0.616 e. The van der Waals surface area contributed by atoms with Crippen LogP contribution in [0.15, 0.2) is 6.20 Å². The number of carbonyl (C=O) groups is 1. The molecule has 168 valence electrons. The molecule has 1 saturated heterocycles. The van der Waals surface area contributed by atoms with Crippen molar-refractivity contribution in [1.29, 1.82) is 0 Å². The predicted molar refractivity (Wildman–Crippen MR) is 118 cm³/mol. The summed E-state index contributed by atoms with van der Waals surface area (Å²) < 4.78 is 11.9. The molecule has 7 rings (SSSR count). The molecule has 3 atom stereocenters. The van der Waals surface area contributed by atoms with Gasteiger partial charge < -0.3 is 19.9 Å². The van der Waals surface area contributed by atoms with Crippen LogP contribution >= 0.6 is 0 Å². The summed E-state index contributed by atoms with van der Waals surface area (Å²) in [4.78, 5) is 24.9. The second-order valence-electron chi connectivity index (χ2n) is 10.6. The predicted octanol–water partition coefficient (Wildman–Crippen LogP) is 1.98. The van der Waals surface area contributed by atoms with E-state index in [4.69, 9.17) is 4.98 Å². The van der Waals surface area contributed by atoms with E-state index in [2.05, 4.69) is 15.2 Å². The molecule has 2 heterocycles. The highest BCUT2D eigenvalue weighted by Crippen LogP contribution is 2.55. The van der Waals surface area contributed by atoms with Gasteiger partial charge in [0.15, 0.2) is 0 Å². The summed E-state index contributed by atoms with van der Waals surface area (Å²) in [5, 5.41) is 14.2. The Morgan fingerprint density at radius 1 is 1.19 bits per heavy atom. The molecule has 5 saturated carbocycles. The van der Waals surface area contributed by atoms with Crippen LogP contribution in [0.4, 0.5) is 5.95 Å². The maximum absolute atomic E-state index is 13.3. The van der Waals surface area contributed by atoms with Crippen LogP contribution in [-0.4, -0.2) is 61.8 Å². The quantitative estimate of drug-likeness (QED) is 0.689. The number of rotatable bonds is 4. The van der Waals surface area contributed by atoms with Crippen LogP contribution in [0.2, 0.25) is 0 Å². The number of nitrogens with one attached hydrogen (secondary N) is 1. The Morgan fingerprint density at radius 2 is 1.97 bits per heavy atom. The Labute approximate surface area is 186 Å². The zero-order valence-electron chi connectivity index (χ0n) is 18.0. The van der Waals surface area contributed by atoms with Gasteiger partial charge in [-0.2, -0.15) is 0 Å². The maximum Gasteiger partial charge on any atom is 0.254 e. The number of aromatic nitrogens is 2. The smallest absolute Gasteiger partial charge is 0.254 e. The maximum atomic E-state index is 13.3. The molecular weight excluding hydrogens is 412 g/mol. The van der Waals surface area contributed by atoms with E-state index < -0.39 is 16.8 Å². The molecule has 3 unspecified atom stereocenters. The van der Waals surface area contributed by atoms with Gasteiger partial charge in [0.25, 0.3) is 5.91 Å². The van der Waals surface area contributed by atoms with Crippen LogP contribution < -0.4 is 10.2 Å². The molecular formula is C23H32N4O3S. The Hall–Kier alpha value is -1.38. The molecule has 6 aliphatic rings. The molecule has 5 aliphatic carbocycles. The van der Waals surface area contributed by atoms with E-state index >= 15 is 0 Å². The first kappa shape index (κ1) is 20.2. The van der Waals surface area contributed by atoms with E-state index in [9.17, 15) is 14.5 Å². The number of hydrogen-bond donors (Lipinski definition) is 2. The van der Waals surface area contributed by atoms with E-state index in [1.54, 1.807) is 6.20 Å². The second kappa shape index (κ2) is 7.59. The number of aliphatic hydroxyl groups is 1. The summed E-state index contributed by atoms with van der Waals surface area (Å²) in [6.07, 6.45) is 9.61. The zero-order valence-corrected chi connectivity index (χ0v) is 18.8. The Morgan fingerprint density at radius 3 is 2.68 bits per heavy atom. The zero-order chi connectivity index (χ0) is 21.2. The van der Waals surface area contributed by atoms with Crippen LogP contribution in [0.3, 0.4) is 0 Å². The van der Waals surface area contributed by atoms with E-state index in [0.717, 1.165) is 69.4 Å². The number of amides is 1. The highest BCUT2D eigenvalue weighted by atomic mass is 32.2. The average molecular weight is 445 g/mol. The van der Waals surface area contributed by atoms with Gasteiger partial charge in [-0.15, -0.1) is 0 Å². The van der Waals surface area contributed by atoms with Crippen molar-refractivity contribution in [1.82, 2.24) is 15.3 Å². The molecule has 0 radical (unpaired) electrons. The van der Waals surface area contributed by atoms with Crippen molar-refractivity contribution in [2.24, 2.45) is 17.8 Å². The van der Waals surface area contributed by atoms with E-state index in [1.165, 1.54) is 0 Å². The highest BCUT2D eigenvalue weighted by Gasteiger charge is 2.55. The standard InChI is InChI=1S/C23H32N4O3S/c28-21(25-19-16-8-14-9-17(19)12-23(29,10-14)11-16)18-13-24-22(26-20(18)15-2-3-15)27-4-1-6-31(30)7-5-27/h13-17,19,29H,1-12H2,(H,25,28)/t14?,16?,17?,19-,23+,31?. The summed E-state index contributed by atoms with van der Waals surface area (Å²) in [5.41, 5.74) is 1.02. The third kappa shape index (κ3) is 3.85. The molecule has 0 aromatic carbocycles. The number of anilines is 1. The van der Waals surface area contributed by atoms with Crippen molar-refractivity contribution in [3.63, 3.8) is 0 Å². The fourth-order valence-corrected chi connectivity index (χ4v) is 7.95. The second-order valence-corrected chi connectivity index (χ2v) is 12.3. The lowest BCUT2D eigenvalue weighted by Gasteiger charge is -2.58. The van der Waals surface area contributed by atoms with Gasteiger partial charge in [-0.05, 0) is 62.7 Å². The van der Waals surface area contributed by atoms with Crippen molar-refractivity contribution < 1.29 is 14.5 Å². The van der Waals surface area contributed by atoms with Crippen molar-refractivity contribution in [2.75, 3.05) is 29.5 Å². The van der Waals surface area contributed by atoms with Gasteiger partial charge >= 0.3 is 0 Å². The SMILES string of the molecule is O=C(N[C@H]1C2CC3CC1C[C@@](O)(C3)C2)c1cnc(N2CCC[S+]([O-])CC2)nc1C1CC1. The summed E-state index contributed by atoms with van der Waals surface area (Å²) in [7, 11) is 0. The molecule has 1 aromatic rings. The summed E-state index contributed by atoms with van der Waals surface area (Å²) >= 11 is -0.754. The topological polar surface area (TPSA) is 101 Å². The Kier molecular flexibility index (Phi) is 4.96.